The van der Waals surface area contributed by atoms with Gasteiger partial charge >= 0.3 is 0 Å². The number of rotatable bonds is 8. The van der Waals surface area contributed by atoms with E-state index < -0.39 is 0 Å². The van der Waals surface area contributed by atoms with Gasteiger partial charge in [0.2, 0.25) is 5.89 Å². The van der Waals surface area contributed by atoms with E-state index in [4.69, 9.17) is 4.42 Å². The van der Waals surface area contributed by atoms with Gasteiger partial charge in [-0.2, -0.15) is 0 Å². The van der Waals surface area contributed by atoms with Crippen LogP contribution in [-0.4, -0.2) is 34.8 Å². The largest absolute Gasteiger partial charge is 0.446 e. The van der Waals surface area contributed by atoms with E-state index >= 15 is 0 Å². The van der Waals surface area contributed by atoms with Crippen molar-refractivity contribution in [3.8, 4) is 0 Å². The molecule has 0 aliphatic heterocycles. The summed E-state index contributed by atoms with van der Waals surface area (Å²) < 4.78 is 5.49. The van der Waals surface area contributed by atoms with Crippen LogP contribution in [0.25, 0.3) is 0 Å². The number of nitrogens with zero attached hydrogens (tertiary/aromatic N) is 2. The molecule has 0 fully saturated rings. The Morgan fingerprint density at radius 1 is 1.07 bits per heavy atom. The standard InChI is InChI=1S/C24H35N3O3/c1-16(2)12-25-22(28)20-15-30-21(26-20)14-27(13-17(3)4)23(29)18-8-10-19(11-9-18)24(5,6)7/h8-11,15-17H,12-14H2,1-7H3,(H,25,28). The predicted octanol–water partition coefficient (Wildman–Crippen LogP) is 4.66. The molecule has 0 bridgehead atoms. The Morgan fingerprint density at radius 3 is 2.23 bits per heavy atom. The van der Waals surface area contributed by atoms with Gasteiger partial charge in [-0.1, -0.05) is 60.6 Å². The van der Waals surface area contributed by atoms with Crippen LogP contribution in [0.2, 0.25) is 0 Å². The molecule has 0 aliphatic carbocycles. The van der Waals surface area contributed by atoms with Crippen LogP contribution >= 0.6 is 0 Å². The van der Waals surface area contributed by atoms with Gasteiger partial charge in [0.05, 0.1) is 6.54 Å². The third kappa shape index (κ3) is 6.71. The van der Waals surface area contributed by atoms with E-state index in [1.165, 1.54) is 11.8 Å². The molecular formula is C24H35N3O3. The summed E-state index contributed by atoms with van der Waals surface area (Å²) in [4.78, 5) is 31.3. The molecular weight excluding hydrogens is 378 g/mol. The molecule has 1 N–H and O–H groups in total. The molecule has 6 heteroatoms. The lowest BCUT2D eigenvalue weighted by atomic mass is 9.86. The van der Waals surface area contributed by atoms with Gasteiger partial charge in [0.15, 0.2) is 5.69 Å². The maximum Gasteiger partial charge on any atom is 0.273 e. The Labute approximate surface area is 180 Å². The van der Waals surface area contributed by atoms with Gasteiger partial charge in [-0.3, -0.25) is 9.59 Å². The summed E-state index contributed by atoms with van der Waals surface area (Å²) in [6, 6.07) is 7.75. The van der Waals surface area contributed by atoms with Crippen LogP contribution in [0.5, 0.6) is 0 Å². The molecule has 1 aromatic heterocycles. The van der Waals surface area contributed by atoms with E-state index in [1.54, 1.807) is 4.90 Å². The van der Waals surface area contributed by atoms with Crippen LogP contribution in [0.3, 0.4) is 0 Å². The van der Waals surface area contributed by atoms with E-state index in [1.807, 2.05) is 38.1 Å². The average molecular weight is 414 g/mol. The van der Waals surface area contributed by atoms with E-state index in [0.717, 1.165) is 0 Å². The third-order valence-corrected chi connectivity index (χ3v) is 4.65. The molecule has 0 saturated carbocycles. The third-order valence-electron chi connectivity index (χ3n) is 4.65. The quantitative estimate of drug-likeness (QED) is 0.683. The first-order chi connectivity index (χ1) is 14.0. The minimum absolute atomic E-state index is 0.0316. The monoisotopic (exact) mass is 413 g/mol. The van der Waals surface area contributed by atoms with E-state index in [2.05, 4.69) is 44.9 Å². The molecule has 1 aromatic carbocycles. The summed E-state index contributed by atoms with van der Waals surface area (Å²) in [6.07, 6.45) is 1.35. The van der Waals surface area contributed by atoms with Gasteiger partial charge in [-0.05, 0) is 34.9 Å². The van der Waals surface area contributed by atoms with E-state index in [-0.39, 0.29) is 35.4 Å². The van der Waals surface area contributed by atoms with Gasteiger partial charge in [0.1, 0.15) is 6.26 Å². The van der Waals surface area contributed by atoms with Crippen molar-refractivity contribution in [2.75, 3.05) is 13.1 Å². The number of carbonyl (C=O) groups is 2. The van der Waals surface area contributed by atoms with Gasteiger partial charge < -0.3 is 14.6 Å². The summed E-state index contributed by atoms with van der Waals surface area (Å²) in [5.41, 5.74) is 2.07. The fourth-order valence-corrected chi connectivity index (χ4v) is 2.99. The van der Waals surface area contributed by atoms with Crippen molar-refractivity contribution >= 4 is 11.8 Å². The molecule has 2 amide bonds. The Balaban J connectivity index is 2.14. The molecule has 0 aliphatic rings. The molecule has 0 unspecified atom stereocenters. The smallest absolute Gasteiger partial charge is 0.273 e. The van der Waals surface area contributed by atoms with Crippen molar-refractivity contribution in [3.05, 3.63) is 53.2 Å². The minimum atomic E-state index is -0.266. The first kappa shape index (κ1) is 23.6. The summed E-state index contributed by atoms with van der Waals surface area (Å²) >= 11 is 0. The molecule has 0 radical (unpaired) electrons. The van der Waals surface area contributed by atoms with Crippen LogP contribution in [0, 0.1) is 11.8 Å². The van der Waals surface area contributed by atoms with Gasteiger partial charge in [0, 0.05) is 18.7 Å². The van der Waals surface area contributed by atoms with Gasteiger partial charge in [-0.25, -0.2) is 4.98 Å². The summed E-state index contributed by atoms with van der Waals surface area (Å²) in [7, 11) is 0. The summed E-state index contributed by atoms with van der Waals surface area (Å²) in [5.74, 6) is 0.645. The zero-order valence-corrected chi connectivity index (χ0v) is 19.3. The first-order valence-corrected chi connectivity index (χ1v) is 10.6. The van der Waals surface area contributed by atoms with Crippen molar-refractivity contribution in [1.29, 1.82) is 0 Å². The lowest BCUT2D eigenvalue weighted by Gasteiger charge is -2.24. The van der Waals surface area contributed by atoms with Crippen molar-refractivity contribution < 1.29 is 14.0 Å². The van der Waals surface area contributed by atoms with E-state index in [9.17, 15) is 9.59 Å². The Hall–Kier alpha value is -2.63. The lowest BCUT2D eigenvalue weighted by Crippen LogP contribution is -2.34. The van der Waals surface area contributed by atoms with E-state index in [0.29, 0.717) is 30.5 Å². The van der Waals surface area contributed by atoms with Crippen LogP contribution in [0.4, 0.5) is 0 Å². The fourth-order valence-electron chi connectivity index (χ4n) is 2.99. The number of hydrogen-bond donors (Lipinski definition) is 1. The fraction of sp³-hybridized carbons (Fsp3) is 0.542. The highest BCUT2D eigenvalue weighted by atomic mass is 16.3. The number of benzene rings is 1. The molecule has 0 spiro atoms. The maximum absolute atomic E-state index is 13.1. The zero-order valence-electron chi connectivity index (χ0n) is 19.3. The van der Waals surface area contributed by atoms with Gasteiger partial charge in [-0.15, -0.1) is 0 Å². The minimum Gasteiger partial charge on any atom is -0.446 e. The van der Waals surface area contributed by atoms with Crippen LogP contribution < -0.4 is 5.32 Å². The summed E-state index contributed by atoms with van der Waals surface area (Å²) in [6.45, 7) is 16.0. The van der Waals surface area contributed by atoms with Crippen molar-refractivity contribution in [3.63, 3.8) is 0 Å². The second-order valence-electron chi connectivity index (χ2n) is 9.64. The Morgan fingerprint density at radius 2 is 1.70 bits per heavy atom. The number of aromatic nitrogens is 1. The van der Waals surface area contributed by atoms with Crippen LogP contribution in [0.15, 0.2) is 34.9 Å². The molecule has 2 rings (SSSR count). The van der Waals surface area contributed by atoms with Crippen LogP contribution in [-0.2, 0) is 12.0 Å². The highest BCUT2D eigenvalue weighted by Crippen LogP contribution is 2.23. The lowest BCUT2D eigenvalue weighted by molar-refractivity contribution is 0.0706. The number of oxazole rings is 1. The molecule has 1 heterocycles. The molecule has 30 heavy (non-hydrogen) atoms. The topological polar surface area (TPSA) is 75.4 Å². The molecule has 0 atom stereocenters. The van der Waals surface area contributed by atoms with Crippen molar-refractivity contribution in [2.24, 2.45) is 11.8 Å². The number of nitrogens with one attached hydrogen (secondary N) is 1. The number of amides is 2. The van der Waals surface area contributed by atoms with Crippen LogP contribution in [0.1, 0.15) is 80.8 Å². The molecule has 164 valence electrons. The average Bonchev–Trinajstić information content (AvgIpc) is 3.12. The van der Waals surface area contributed by atoms with Crippen molar-refractivity contribution in [1.82, 2.24) is 15.2 Å². The Kier molecular flexibility index (Phi) is 7.82. The Bertz CT molecular complexity index is 845. The number of hydrogen-bond acceptors (Lipinski definition) is 4. The highest BCUT2D eigenvalue weighted by molar-refractivity contribution is 5.94. The van der Waals surface area contributed by atoms with Gasteiger partial charge in [0.25, 0.3) is 11.8 Å². The predicted molar refractivity (Wildman–Crippen MR) is 118 cm³/mol. The second-order valence-corrected chi connectivity index (χ2v) is 9.64. The second kappa shape index (κ2) is 9.92. The molecule has 6 nitrogen and oxygen atoms in total. The highest BCUT2D eigenvalue weighted by Gasteiger charge is 2.22. The first-order valence-electron chi connectivity index (χ1n) is 10.6. The van der Waals surface area contributed by atoms with Crippen molar-refractivity contribution in [2.45, 2.75) is 60.4 Å². The molecule has 2 aromatic rings. The molecule has 0 saturated heterocycles. The SMILES string of the molecule is CC(C)CNC(=O)c1coc(CN(CC(C)C)C(=O)c2ccc(C(C)(C)C)cc2)n1. The summed E-state index contributed by atoms with van der Waals surface area (Å²) in [5, 5.41) is 2.82. The maximum atomic E-state index is 13.1. The zero-order chi connectivity index (χ0) is 22.5. The number of carbonyl (C=O) groups excluding carboxylic acids is 2. The normalized spacial score (nSPS) is 11.8.